The molecule has 0 bridgehead atoms. The van der Waals surface area contributed by atoms with Gasteiger partial charge >= 0.3 is 0 Å². The van der Waals surface area contributed by atoms with Crippen molar-refractivity contribution in [3.8, 4) is 17.1 Å². The third-order valence-corrected chi connectivity index (χ3v) is 4.36. The second-order valence-electron chi connectivity index (χ2n) is 6.05. The van der Waals surface area contributed by atoms with Gasteiger partial charge in [-0.05, 0) is 30.3 Å². The molecule has 0 saturated heterocycles. The molecule has 126 valence electrons. The fourth-order valence-corrected chi connectivity index (χ4v) is 3.10. The maximum atomic E-state index is 9.96. The molecule has 2 aromatic carbocycles. The standard InChI is InChI=1S/C20H15N5O/c26-19-16-11-13(9-10-14(16)12-21-19)17-7-4-8-18-23-20(24-25(17)18)22-15-5-2-1-3-6-15/h1-12,21,26H,(H,22,24). The van der Waals surface area contributed by atoms with Crippen molar-refractivity contribution >= 4 is 28.1 Å². The van der Waals surface area contributed by atoms with Crippen LogP contribution in [0.3, 0.4) is 0 Å². The average molecular weight is 341 g/mol. The molecule has 6 heteroatoms. The minimum atomic E-state index is 0.166. The number of rotatable bonds is 3. The second kappa shape index (κ2) is 5.63. The van der Waals surface area contributed by atoms with Gasteiger partial charge in [0.15, 0.2) is 11.5 Å². The number of H-pyrrole nitrogens is 1. The zero-order chi connectivity index (χ0) is 17.5. The minimum absolute atomic E-state index is 0.166. The van der Waals surface area contributed by atoms with Gasteiger partial charge in [-0.3, -0.25) is 0 Å². The van der Waals surface area contributed by atoms with Gasteiger partial charge in [-0.25, -0.2) is 4.52 Å². The molecule has 6 nitrogen and oxygen atoms in total. The normalized spacial score (nSPS) is 11.2. The first kappa shape index (κ1) is 14.5. The van der Waals surface area contributed by atoms with Crippen LogP contribution in [0.25, 0.3) is 27.7 Å². The summed E-state index contributed by atoms with van der Waals surface area (Å²) in [6.45, 7) is 0. The predicted molar refractivity (Wildman–Crippen MR) is 102 cm³/mol. The first-order valence-electron chi connectivity index (χ1n) is 8.26. The molecule has 0 aliphatic heterocycles. The molecule has 3 aromatic heterocycles. The van der Waals surface area contributed by atoms with Crippen LogP contribution in [0.2, 0.25) is 0 Å². The first-order chi connectivity index (χ1) is 12.8. The molecule has 0 radical (unpaired) electrons. The van der Waals surface area contributed by atoms with E-state index in [2.05, 4.69) is 20.4 Å². The molecule has 5 rings (SSSR count). The van der Waals surface area contributed by atoms with E-state index in [-0.39, 0.29) is 5.88 Å². The highest BCUT2D eigenvalue weighted by molar-refractivity contribution is 5.91. The van der Waals surface area contributed by atoms with Crippen LogP contribution in [0.4, 0.5) is 11.6 Å². The van der Waals surface area contributed by atoms with Crippen molar-refractivity contribution < 1.29 is 5.11 Å². The highest BCUT2D eigenvalue weighted by atomic mass is 16.3. The number of hydrogen-bond donors (Lipinski definition) is 3. The van der Waals surface area contributed by atoms with Crippen LogP contribution < -0.4 is 5.32 Å². The van der Waals surface area contributed by atoms with Gasteiger partial charge in [0.25, 0.3) is 0 Å². The highest BCUT2D eigenvalue weighted by Crippen LogP contribution is 2.29. The number of aromatic amines is 1. The van der Waals surface area contributed by atoms with Crippen LogP contribution in [-0.4, -0.2) is 24.7 Å². The number of para-hydroxylation sites is 1. The van der Waals surface area contributed by atoms with Gasteiger partial charge in [-0.2, -0.15) is 4.98 Å². The lowest BCUT2D eigenvalue weighted by atomic mass is 10.1. The summed E-state index contributed by atoms with van der Waals surface area (Å²) >= 11 is 0. The SMILES string of the molecule is Oc1[nH]cc2ccc(-c3cccc4nc(Nc5ccccc5)nn34)cc12. The van der Waals surface area contributed by atoms with Gasteiger partial charge < -0.3 is 15.4 Å². The molecule has 0 unspecified atom stereocenters. The fourth-order valence-electron chi connectivity index (χ4n) is 3.10. The Hall–Kier alpha value is -3.80. The predicted octanol–water partition coefficient (Wildman–Crippen LogP) is 4.33. The van der Waals surface area contributed by atoms with Gasteiger partial charge in [0.2, 0.25) is 5.95 Å². The zero-order valence-electron chi connectivity index (χ0n) is 13.7. The Labute approximate surface area is 148 Å². The summed E-state index contributed by atoms with van der Waals surface area (Å²) in [5.41, 5.74) is 3.54. The van der Waals surface area contributed by atoms with Crippen molar-refractivity contribution in [2.24, 2.45) is 0 Å². The van der Waals surface area contributed by atoms with Gasteiger partial charge in [-0.1, -0.05) is 36.4 Å². The molecule has 0 saturated carbocycles. The van der Waals surface area contributed by atoms with Gasteiger partial charge in [-0.15, -0.1) is 5.10 Å². The van der Waals surface area contributed by atoms with Crippen molar-refractivity contribution in [3.05, 3.63) is 72.9 Å². The largest absolute Gasteiger partial charge is 0.494 e. The monoisotopic (exact) mass is 341 g/mol. The number of fused-ring (bicyclic) bond motifs is 2. The second-order valence-corrected chi connectivity index (χ2v) is 6.05. The first-order valence-corrected chi connectivity index (χ1v) is 8.26. The minimum Gasteiger partial charge on any atom is -0.494 e. The molecule has 0 atom stereocenters. The summed E-state index contributed by atoms with van der Waals surface area (Å²) in [6, 6.07) is 21.6. The summed E-state index contributed by atoms with van der Waals surface area (Å²) in [6.07, 6.45) is 1.78. The summed E-state index contributed by atoms with van der Waals surface area (Å²) in [7, 11) is 0. The van der Waals surface area contributed by atoms with E-state index in [1.54, 1.807) is 10.7 Å². The summed E-state index contributed by atoms with van der Waals surface area (Å²) in [4.78, 5) is 7.38. The van der Waals surface area contributed by atoms with E-state index in [1.165, 1.54) is 0 Å². The summed E-state index contributed by atoms with van der Waals surface area (Å²) < 4.78 is 1.80. The lowest BCUT2D eigenvalue weighted by Crippen LogP contribution is -1.95. The molecule has 0 amide bonds. The zero-order valence-corrected chi connectivity index (χ0v) is 13.7. The Balaban J connectivity index is 1.62. The fraction of sp³-hybridized carbons (Fsp3) is 0. The number of hydrogen-bond acceptors (Lipinski definition) is 4. The third kappa shape index (κ3) is 2.36. The summed E-state index contributed by atoms with van der Waals surface area (Å²) in [5, 5.41) is 19.5. The third-order valence-electron chi connectivity index (χ3n) is 4.36. The molecule has 0 spiro atoms. The average Bonchev–Trinajstić information content (AvgIpc) is 3.25. The maximum absolute atomic E-state index is 9.96. The van der Waals surface area contributed by atoms with E-state index < -0.39 is 0 Å². The van der Waals surface area contributed by atoms with E-state index in [0.29, 0.717) is 5.95 Å². The Kier molecular flexibility index (Phi) is 3.15. The van der Waals surface area contributed by atoms with Crippen LogP contribution in [0, 0.1) is 0 Å². The molecular formula is C20H15N5O. The number of nitrogens with one attached hydrogen (secondary N) is 2. The lowest BCUT2D eigenvalue weighted by molar-refractivity contribution is 0.462. The lowest BCUT2D eigenvalue weighted by Gasteiger charge is -2.04. The van der Waals surface area contributed by atoms with Crippen molar-refractivity contribution in [2.75, 3.05) is 5.32 Å². The van der Waals surface area contributed by atoms with Gasteiger partial charge in [0, 0.05) is 28.2 Å². The number of nitrogens with zero attached hydrogens (tertiary/aromatic N) is 3. The van der Waals surface area contributed by atoms with Crippen LogP contribution in [0.1, 0.15) is 0 Å². The Morgan fingerprint density at radius 3 is 2.73 bits per heavy atom. The molecular weight excluding hydrogens is 326 g/mol. The number of aromatic hydroxyl groups is 1. The number of aromatic nitrogens is 4. The van der Waals surface area contributed by atoms with Gasteiger partial charge in [0.1, 0.15) is 0 Å². The van der Waals surface area contributed by atoms with Crippen LogP contribution in [0.15, 0.2) is 72.9 Å². The van der Waals surface area contributed by atoms with Crippen LogP contribution >= 0.6 is 0 Å². The molecule has 0 aliphatic carbocycles. The molecule has 0 aliphatic rings. The van der Waals surface area contributed by atoms with E-state index >= 15 is 0 Å². The van der Waals surface area contributed by atoms with Crippen molar-refractivity contribution in [1.82, 2.24) is 19.6 Å². The quantitative estimate of drug-likeness (QED) is 0.456. The molecule has 3 N–H and O–H groups in total. The molecule has 3 heterocycles. The van der Waals surface area contributed by atoms with Crippen molar-refractivity contribution in [3.63, 3.8) is 0 Å². The van der Waals surface area contributed by atoms with Crippen molar-refractivity contribution in [1.29, 1.82) is 0 Å². The van der Waals surface area contributed by atoms with E-state index in [4.69, 9.17) is 0 Å². The van der Waals surface area contributed by atoms with Gasteiger partial charge in [0.05, 0.1) is 5.69 Å². The topological polar surface area (TPSA) is 78.2 Å². The summed E-state index contributed by atoms with van der Waals surface area (Å²) in [5.74, 6) is 0.702. The Morgan fingerprint density at radius 1 is 0.962 bits per heavy atom. The Bertz CT molecular complexity index is 1220. The highest BCUT2D eigenvalue weighted by Gasteiger charge is 2.11. The number of pyridine rings is 1. The number of anilines is 2. The molecule has 5 aromatic rings. The Morgan fingerprint density at radius 2 is 1.85 bits per heavy atom. The van der Waals surface area contributed by atoms with Crippen LogP contribution in [0.5, 0.6) is 5.88 Å². The van der Waals surface area contributed by atoms with Crippen LogP contribution in [-0.2, 0) is 0 Å². The van der Waals surface area contributed by atoms with Crippen molar-refractivity contribution in [2.45, 2.75) is 0 Å². The number of benzene rings is 2. The van der Waals surface area contributed by atoms with E-state index in [1.807, 2.05) is 66.7 Å². The maximum Gasteiger partial charge on any atom is 0.247 e. The smallest absolute Gasteiger partial charge is 0.247 e. The molecule has 0 fully saturated rings. The van der Waals surface area contributed by atoms with E-state index in [0.717, 1.165) is 33.4 Å². The molecule has 26 heavy (non-hydrogen) atoms. The van der Waals surface area contributed by atoms with E-state index in [9.17, 15) is 5.11 Å².